The van der Waals surface area contributed by atoms with Crippen LogP contribution in [0.1, 0.15) is 5.82 Å². The number of nitrogen functional groups attached to an aromatic ring is 1. The van der Waals surface area contributed by atoms with Gasteiger partial charge >= 0.3 is 0 Å². The number of fused-ring (bicyclic) bond motifs is 1. The Balaban J connectivity index is 2.36. The summed E-state index contributed by atoms with van der Waals surface area (Å²) < 4.78 is 1.89. The van der Waals surface area contributed by atoms with Gasteiger partial charge in [-0.15, -0.1) is 0 Å². The smallest absolute Gasteiger partial charge is 0.150 e. The van der Waals surface area contributed by atoms with Gasteiger partial charge < -0.3 is 10.8 Å². The molecular formula is C13H12N4O. The molecule has 0 aliphatic rings. The third-order valence-electron chi connectivity index (χ3n) is 2.88. The molecule has 2 heterocycles. The lowest BCUT2D eigenvalue weighted by Crippen LogP contribution is -1.96. The molecule has 0 saturated heterocycles. The summed E-state index contributed by atoms with van der Waals surface area (Å²) in [5, 5.41) is 9.54. The third-order valence-corrected chi connectivity index (χ3v) is 2.88. The van der Waals surface area contributed by atoms with Gasteiger partial charge in [0.15, 0.2) is 0 Å². The number of phenolic OH excluding ortho intramolecular Hbond substituents is 1. The molecule has 0 aliphatic heterocycles. The van der Waals surface area contributed by atoms with Gasteiger partial charge in [-0.25, -0.2) is 9.97 Å². The van der Waals surface area contributed by atoms with Gasteiger partial charge in [0.05, 0.1) is 0 Å². The number of hydrogen-bond acceptors (Lipinski definition) is 4. The minimum absolute atomic E-state index is 0.203. The highest BCUT2D eigenvalue weighted by Gasteiger charge is 2.13. The SMILES string of the molecule is Cc1nc(-c2cccc(O)c2)c2c(N)nccn12. The van der Waals surface area contributed by atoms with Crippen LogP contribution in [-0.4, -0.2) is 19.5 Å². The fourth-order valence-corrected chi connectivity index (χ4v) is 2.07. The van der Waals surface area contributed by atoms with Crippen LogP contribution in [0, 0.1) is 6.92 Å². The van der Waals surface area contributed by atoms with Gasteiger partial charge in [0.1, 0.15) is 28.6 Å². The van der Waals surface area contributed by atoms with Crippen molar-refractivity contribution in [3.8, 4) is 17.0 Å². The van der Waals surface area contributed by atoms with Gasteiger partial charge in [-0.1, -0.05) is 12.1 Å². The predicted molar refractivity (Wildman–Crippen MR) is 69.2 cm³/mol. The average molecular weight is 240 g/mol. The van der Waals surface area contributed by atoms with Gasteiger partial charge in [-0.05, 0) is 19.1 Å². The van der Waals surface area contributed by atoms with Crippen molar-refractivity contribution in [1.29, 1.82) is 0 Å². The standard InChI is InChI=1S/C13H12N4O/c1-8-16-11(9-3-2-4-10(18)7-9)12-13(14)15-5-6-17(8)12/h2-7,18H,1H3,(H2,14,15). The normalized spacial score (nSPS) is 10.9. The Kier molecular flexibility index (Phi) is 2.19. The van der Waals surface area contributed by atoms with Crippen molar-refractivity contribution in [2.45, 2.75) is 6.92 Å². The number of benzene rings is 1. The number of aryl methyl sites for hydroxylation is 1. The molecule has 0 bridgehead atoms. The number of phenols is 1. The fraction of sp³-hybridized carbons (Fsp3) is 0.0769. The van der Waals surface area contributed by atoms with Crippen molar-refractivity contribution in [2.24, 2.45) is 0 Å². The predicted octanol–water partition coefficient (Wildman–Crippen LogP) is 1.99. The van der Waals surface area contributed by atoms with E-state index in [-0.39, 0.29) is 5.75 Å². The molecule has 0 radical (unpaired) electrons. The number of anilines is 1. The molecule has 3 N–H and O–H groups in total. The van der Waals surface area contributed by atoms with E-state index in [1.54, 1.807) is 24.4 Å². The second kappa shape index (κ2) is 3.73. The lowest BCUT2D eigenvalue weighted by Gasteiger charge is -2.02. The van der Waals surface area contributed by atoms with Crippen LogP contribution < -0.4 is 5.73 Å². The highest BCUT2D eigenvalue weighted by molar-refractivity contribution is 5.85. The first-order valence-electron chi connectivity index (χ1n) is 5.55. The van der Waals surface area contributed by atoms with Crippen molar-refractivity contribution in [2.75, 3.05) is 5.73 Å². The summed E-state index contributed by atoms with van der Waals surface area (Å²) in [4.78, 5) is 8.58. The average Bonchev–Trinajstić information content (AvgIpc) is 2.69. The first-order valence-corrected chi connectivity index (χ1v) is 5.55. The summed E-state index contributed by atoms with van der Waals surface area (Å²) in [5.74, 6) is 1.46. The fourth-order valence-electron chi connectivity index (χ4n) is 2.07. The van der Waals surface area contributed by atoms with E-state index in [4.69, 9.17) is 5.73 Å². The molecule has 0 amide bonds. The summed E-state index contributed by atoms with van der Waals surface area (Å²) in [6, 6.07) is 6.94. The minimum Gasteiger partial charge on any atom is -0.508 e. The zero-order valence-corrected chi connectivity index (χ0v) is 9.83. The summed E-state index contributed by atoms with van der Waals surface area (Å²) in [6.07, 6.45) is 3.46. The topological polar surface area (TPSA) is 76.4 Å². The molecule has 3 aromatic rings. The number of rotatable bonds is 1. The molecule has 5 nitrogen and oxygen atoms in total. The van der Waals surface area contributed by atoms with Crippen LogP contribution in [0.4, 0.5) is 5.82 Å². The van der Waals surface area contributed by atoms with Crippen LogP contribution in [0.5, 0.6) is 5.75 Å². The van der Waals surface area contributed by atoms with E-state index >= 15 is 0 Å². The van der Waals surface area contributed by atoms with Gasteiger partial charge in [0.2, 0.25) is 0 Å². The third kappa shape index (κ3) is 1.48. The molecule has 0 unspecified atom stereocenters. The Morgan fingerprint density at radius 3 is 2.94 bits per heavy atom. The van der Waals surface area contributed by atoms with Gasteiger partial charge in [-0.3, -0.25) is 4.40 Å². The maximum atomic E-state index is 9.54. The zero-order valence-electron chi connectivity index (χ0n) is 9.83. The van der Waals surface area contributed by atoms with Crippen molar-refractivity contribution in [1.82, 2.24) is 14.4 Å². The van der Waals surface area contributed by atoms with Crippen molar-refractivity contribution in [3.05, 3.63) is 42.5 Å². The molecule has 2 aromatic heterocycles. The lowest BCUT2D eigenvalue weighted by molar-refractivity contribution is 0.475. The molecule has 1 aromatic carbocycles. The molecule has 18 heavy (non-hydrogen) atoms. The summed E-state index contributed by atoms with van der Waals surface area (Å²) in [6.45, 7) is 1.90. The van der Waals surface area contributed by atoms with E-state index in [0.717, 1.165) is 22.6 Å². The Bertz CT molecular complexity index is 733. The van der Waals surface area contributed by atoms with E-state index in [0.29, 0.717) is 5.82 Å². The largest absolute Gasteiger partial charge is 0.508 e. The molecule has 5 heteroatoms. The Morgan fingerprint density at radius 1 is 1.33 bits per heavy atom. The summed E-state index contributed by atoms with van der Waals surface area (Å²) >= 11 is 0. The first kappa shape index (κ1) is 10.6. The highest BCUT2D eigenvalue weighted by Crippen LogP contribution is 2.29. The Hall–Kier alpha value is -2.56. The second-order valence-electron chi connectivity index (χ2n) is 4.09. The molecule has 90 valence electrons. The van der Waals surface area contributed by atoms with Gasteiger partial charge in [-0.2, -0.15) is 0 Å². The number of nitrogens with two attached hydrogens (primary N) is 1. The lowest BCUT2D eigenvalue weighted by atomic mass is 10.1. The molecule has 0 fully saturated rings. The van der Waals surface area contributed by atoms with Crippen LogP contribution >= 0.6 is 0 Å². The van der Waals surface area contributed by atoms with E-state index in [1.807, 2.05) is 23.6 Å². The molecule has 0 spiro atoms. The molecular weight excluding hydrogens is 228 g/mol. The van der Waals surface area contributed by atoms with E-state index in [2.05, 4.69) is 9.97 Å². The van der Waals surface area contributed by atoms with Crippen molar-refractivity contribution >= 4 is 11.3 Å². The molecule has 3 rings (SSSR count). The maximum absolute atomic E-state index is 9.54. The molecule has 0 aliphatic carbocycles. The maximum Gasteiger partial charge on any atom is 0.150 e. The number of aromatic nitrogens is 3. The van der Waals surface area contributed by atoms with Gasteiger partial charge in [0, 0.05) is 18.0 Å². The molecule has 0 saturated carbocycles. The van der Waals surface area contributed by atoms with Crippen LogP contribution in [0.3, 0.4) is 0 Å². The van der Waals surface area contributed by atoms with Crippen LogP contribution in [0.15, 0.2) is 36.7 Å². The number of imidazole rings is 1. The monoisotopic (exact) mass is 240 g/mol. The summed E-state index contributed by atoms with van der Waals surface area (Å²) in [5.41, 5.74) is 8.23. The number of nitrogens with zero attached hydrogens (tertiary/aromatic N) is 3. The first-order chi connectivity index (χ1) is 8.66. The quantitative estimate of drug-likeness (QED) is 0.682. The Morgan fingerprint density at radius 2 is 2.17 bits per heavy atom. The van der Waals surface area contributed by atoms with Crippen LogP contribution in [-0.2, 0) is 0 Å². The van der Waals surface area contributed by atoms with Crippen molar-refractivity contribution in [3.63, 3.8) is 0 Å². The van der Waals surface area contributed by atoms with Gasteiger partial charge in [0.25, 0.3) is 0 Å². The zero-order chi connectivity index (χ0) is 12.7. The van der Waals surface area contributed by atoms with E-state index < -0.39 is 0 Å². The molecule has 0 atom stereocenters. The number of hydrogen-bond donors (Lipinski definition) is 2. The van der Waals surface area contributed by atoms with E-state index in [1.165, 1.54) is 0 Å². The highest BCUT2D eigenvalue weighted by atomic mass is 16.3. The minimum atomic E-state index is 0.203. The second-order valence-corrected chi connectivity index (χ2v) is 4.09. The van der Waals surface area contributed by atoms with Crippen molar-refractivity contribution < 1.29 is 5.11 Å². The van der Waals surface area contributed by atoms with E-state index in [9.17, 15) is 5.11 Å². The Labute approximate surface area is 104 Å². The number of aromatic hydroxyl groups is 1. The van der Waals surface area contributed by atoms with Crippen LogP contribution in [0.2, 0.25) is 0 Å². The van der Waals surface area contributed by atoms with Crippen LogP contribution in [0.25, 0.3) is 16.8 Å². The summed E-state index contributed by atoms with van der Waals surface area (Å²) in [7, 11) is 0.